The normalized spacial score (nSPS) is 12.2. The first-order valence-electron chi connectivity index (χ1n) is 4.91. The predicted octanol–water partition coefficient (Wildman–Crippen LogP) is 3.50. The molecular weight excluding hydrogens is 203 g/mol. The van der Waals surface area contributed by atoms with E-state index in [0.29, 0.717) is 13.2 Å². The van der Waals surface area contributed by atoms with Gasteiger partial charge in [0, 0.05) is 0 Å². The summed E-state index contributed by atoms with van der Waals surface area (Å²) in [4.78, 5) is 0. The van der Waals surface area contributed by atoms with Gasteiger partial charge in [0.1, 0.15) is 0 Å². The lowest BCUT2D eigenvalue weighted by molar-refractivity contribution is 0.153. The fourth-order valence-corrected chi connectivity index (χ4v) is 1.83. The highest BCUT2D eigenvalue weighted by Gasteiger charge is 2.24. The first-order chi connectivity index (χ1) is 6.68. The summed E-state index contributed by atoms with van der Waals surface area (Å²) >= 11 is 0. The van der Waals surface area contributed by atoms with Crippen LogP contribution in [0.15, 0.2) is 12.3 Å². The number of phosphoric acid groups is 1. The topological polar surface area (TPSA) is 44.8 Å². The minimum absolute atomic E-state index is 0.304. The average Bonchev–Trinajstić information content (AvgIpc) is 2.13. The van der Waals surface area contributed by atoms with Crippen LogP contribution in [0.3, 0.4) is 0 Å². The maximum atomic E-state index is 11.7. The van der Waals surface area contributed by atoms with Crippen LogP contribution in [0.25, 0.3) is 0 Å². The molecular formula is C9H19O4P. The van der Waals surface area contributed by atoms with Gasteiger partial charge in [0.05, 0.1) is 19.5 Å². The van der Waals surface area contributed by atoms with E-state index in [9.17, 15) is 4.57 Å². The maximum Gasteiger partial charge on any atom is 0.529 e. The van der Waals surface area contributed by atoms with Crippen LogP contribution in [0.4, 0.5) is 0 Å². The molecule has 4 nitrogen and oxygen atoms in total. The monoisotopic (exact) mass is 222 g/mol. The Morgan fingerprint density at radius 3 is 2.14 bits per heavy atom. The van der Waals surface area contributed by atoms with Crippen molar-refractivity contribution < 1.29 is 18.1 Å². The summed E-state index contributed by atoms with van der Waals surface area (Å²) in [5.74, 6) is 0. The summed E-state index contributed by atoms with van der Waals surface area (Å²) in [6, 6.07) is 0. The second-order valence-electron chi connectivity index (χ2n) is 2.55. The van der Waals surface area contributed by atoms with E-state index in [1.807, 2.05) is 0 Å². The lowest BCUT2D eigenvalue weighted by Crippen LogP contribution is -1.96. The van der Waals surface area contributed by atoms with Crippen molar-refractivity contribution in [2.45, 2.75) is 33.6 Å². The molecule has 0 aliphatic heterocycles. The first kappa shape index (κ1) is 13.7. The van der Waals surface area contributed by atoms with E-state index in [1.165, 1.54) is 6.26 Å². The van der Waals surface area contributed by atoms with Crippen LogP contribution in [-0.4, -0.2) is 13.2 Å². The Labute approximate surface area is 85.9 Å². The molecule has 0 aromatic heterocycles. The highest BCUT2D eigenvalue weighted by atomic mass is 31.2. The van der Waals surface area contributed by atoms with Gasteiger partial charge in [-0.05, 0) is 26.3 Å². The third-order valence-electron chi connectivity index (χ3n) is 1.32. The molecule has 0 N–H and O–H groups in total. The predicted molar refractivity (Wildman–Crippen MR) is 56.0 cm³/mol. The zero-order valence-corrected chi connectivity index (χ0v) is 9.96. The van der Waals surface area contributed by atoms with Gasteiger partial charge < -0.3 is 4.52 Å². The van der Waals surface area contributed by atoms with E-state index in [0.717, 1.165) is 12.8 Å². The molecule has 0 atom stereocenters. The van der Waals surface area contributed by atoms with Gasteiger partial charge in [0.2, 0.25) is 0 Å². The Bertz CT molecular complexity index is 193. The second-order valence-corrected chi connectivity index (χ2v) is 4.17. The molecule has 0 radical (unpaired) electrons. The number of hydrogen-bond donors (Lipinski definition) is 0. The largest absolute Gasteiger partial charge is 0.529 e. The lowest BCUT2D eigenvalue weighted by atomic mass is 10.3. The molecule has 0 spiro atoms. The van der Waals surface area contributed by atoms with E-state index < -0.39 is 7.82 Å². The average molecular weight is 222 g/mol. The van der Waals surface area contributed by atoms with E-state index in [1.54, 1.807) is 19.9 Å². The third kappa shape index (κ3) is 6.19. The van der Waals surface area contributed by atoms with Crippen LogP contribution in [-0.2, 0) is 18.1 Å². The Morgan fingerprint density at radius 2 is 1.71 bits per heavy atom. The summed E-state index contributed by atoms with van der Waals surface area (Å²) in [6.45, 7) is 6.14. The minimum Gasteiger partial charge on any atom is -0.412 e. The SMILES string of the molecule is CCCC=COP(=O)(OCC)OCC. The quantitative estimate of drug-likeness (QED) is 0.465. The minimum atomic E-state index is -3.35. The molecule has 14 heavy (non-hydrogen) atoms. The Kier molecular flexibility index (Phi) is 7.86. The molecule has 0 saturated carbocycles. The van der Waals surface area contributed by atoms with Gasteiger partial charge in [-0.1, -0.05) is 13.3 Å². The van der Waals surface area contributed by atoms with E-state index in [4.69, 9.17) is 13.6 Å². The first-order valence-corrected chi connectivity index (χ1v) is 6.37. The smallest absolute Gasteiger partial charge is 0.412 e. The summed E-state index contributed by atoms with van der Waals surface area (Å²) in [5, 5.41) is 0. The van der Waals surface area contributed by atoms with E-state index >= 15 is 0 Å². The molecule has 0 aromatic rings. The van der Waals surface area contributed by atoms with Crippen LogP contribution in [0, 0.1) is 0 Å². The fraction of sp³-hybridized carbons (Fsp3) is 0.778. The van der Waals surface area contributed by atoms with Crippen LogP contribution < -0.4 is 0 Å². The van der Waals surface area contributed by atoms with Crippen LogP contribution in [0.2, 0.25) is 0 Å². The Balaban J connectivity index is 4.01. The Hall–Kier alpha value is -0.310. The number of unbranched alkanes of at least 4 members (excludes halogenated alkanes) is 1. The lowest BCUT2D eigenvalue weighted by Gasteiger charge is -2.14. The van der Waals surface area contributed by atoms with Crippen molar-refractivity contribution in [3.63, 3.8) is 0 Å². The van der Waals surface area contributed by atoms with Crippen molar-refractivity contribution in [3.8, 4) is 0 Å². The molecule has 0 saturated heterocycles. The van der Waals surface area contributed by atoms with Crippen LogP contribution in [0.1, 0.15) is 33.6 Å². The van der Waals surface area contributed by atoms with Crippen LogP contribution >= 0.6 is 7.82 Å². The zero-order valence-electron chi connectivity index (χ0n) is 9.06. The van der Waals surface area contributed by atoms with E-state index in [-0.39, 0.29) is 0 Å². The highest BCUT2D eigenvalue weighted by Crippen LogP contribution is 2.49. The molecule has 0 fully saturated rings. The number of hydrogen-bond acceptors (Lipinski definition) is 4. The van der Waals surface area contributed by atoms with Gasteiger partial charge in [0.25, 0.3) is 0 Å². The molecule has 0 aliphatic rings. The standard InChI is InChI=1S/C9H19O4P/c1-4-7-8-9-13-14(10,11-5-2)12-6-3/h8-9H,4-7H2,1-3H3. The number of rotatable bonds is 8. The number of allylic oxidation sites excluding steroid dienone is 1. The van der Waals surface area contributed by atoms with E-state index in [2.05, 4.69) is 6.92 Å². The molecule has 5 heteroatoms. The van der Waals surface area contributed by atoms with Gasteiger partial charge >= 0.3 is 7.82 Å². The molecule has 0 amide bonds. The van der Waals surface area contributed by atoms with Gasteiger partial charge in [0.15, 0.2) is 0 Å². The summed E-state index contributed by atoms with van der Waals surface area (Å²) in [5.41, 5.74) is 0. The number of phosphoric ester groups is 1. The summed E-state index contributed by atoms with van der Waals surface area (Å²) < 4.78 is 26.4. The van der Waals surface area contributed by atoms with Gasteiger partial charge in [-0.2, -0.15) is 0 Å². The molecule has 84 valence electrons. The Morgan fingerprint density at radius 1 is 1.14 bits per heavy atom. The summed E-state index contributed by atoms with van der Waals surface area (Å²) in [7, 11) is -3.35. The molecule has 0 unspecified atom stereocenters. The van der Waals surface area contributed by atoms with Crippen molar-refractivity contribution in [1.29, 1.82) is 0 Å². The van der Waals surface area contributed by atoms with Gasteiger partial charge in [-0.25, -0.2) is 4.57 Å². The fourth-order valence-electron chi connectivity index (χ4n) is 0.767. The molecule has 0 aliphatic carbocycles. The highest BCUT2D eigenvalue weighted by molar-refractivity contribution is 7.48. The molecule has 0 rings (SSSR count). The molecule has 0 aromatic carbocycles. The molecule has 0 bridgehead atoms. The van der Waals surface area contributed by atoms with Crippen molar-refractivity contribution in [2.75, 3.05) is 13.2 Å². The zero-order chi connectivity index (χ0) is 10.9. The second kappa shape index (κ2) is 8.04. The van der Waals surface area contributed by atoms with Crippen molar-refractivity contribution >= 4 is 7.82 Å². The van der Waals surface area contributed by atoms with Crippen molar-refractivity contribution in [2.24, 2.45) is 0 Å². The molecule has 0 heterocycles. The van der Waals surface area contributed by atoms with Gasteiger partial charge in [-0.15, -0.1) is 0 Å². The maximum absolute atomic E-state index is 11.7. The van der Waals surface area contributed by atoms with Crippen LogP contribution in [0.5, 0.6) is 0 Å². The summed E-state index contributed by atoms with van der Waals surface area (Å²) in [6.07, 6.45) is 5.09. The third-order valence-corrected chi connectivity index (χ3v) is 2.84. The van der Waals surface area contributed by atoms with Crippen molar-refractivity contribution in [3.05, 3.63) is 12.3 Å². The van der Waals surface area contributed by atoms with Crippen molar-refractivity contribution in [1.82, 2.24) is 0 Å². The van der Waals surface area contributed by atoms with Gasteiger partial charge in [-0.3, -0.25) is 9.05 Å².